The number of hydrazine groups is 1. The first-order chi connectivity index (χ1) is 10.9. The van der Waals surface area contributed by atoms with Crippen LogP contribution in [0.4, 0.5) is 15.0 Å². The van der Waals surface area contributed by atoms with E-state index in [1.54, 1.807) is 24.3 Å². The average molecular weight is 382 g/mol. The Hall–Kier alpha value is -0.890. The summed E-state index contributed by atoms with van der Waals surface area (Å²) >= 11 is 12.3. The van der Waals surface area contributed by atoms with Gasteiger partial charge in [-0.15, -0.1) is 4.41 Å². The lowest BCUT2D eigenvalue weighted by Crippen LogP contribution is -2.41. The molecule has 0 bridgehead atoms. The van der Waals surface area contributed by atoms with Gasteiger partial charge in [0.15, 0.2) is 4.17 Å². The molecule has 0 saturated carbocycles. The molecule has 1 saturated heterocycles. The number of benzene rings is 1. The Balaban J connectivity index is 2.32. The molecule has 1 heterocycles. The van der Waals surface area contributed by atoms with E-state index in [0.29, 0.717) is 18.0 Å². The highest BCUT2D eigenvalue weighted by molar-refractivity contribution is 8.00. The zero-order valence-electron chi connectivity index (χ0n) is 12.9. The zero-order valence-corrected chi connectivity index (χ0v) is 15.3. The van der Waals surface area contributed by atoms with Crippen molar-refractivity contribution in [2.75, 3.05) is 11.5 Å². The van der Waals surface area contributed by atoms with E-state index in [1.165, 1.54) is 4.90 Å². The van der Waals surface area contributed by atoms with E-state index >= 15 is 0 Å². The number of carbonyl (C=O) groups excluding carboxylic acids is 1. The minimum atomic E-state index is -0.886. The normalized spacial score (nSPS) is 19.3. The molecule has 0 aromatic heterocycles. The van der Waals surface area contributed by atoms with Crippen LogP contribution in [0.15, 0.2) is 24.3 Å². The van der Waals surface area contributed by atoms with Crippen molar-refractivity contribution in [3.8, 4) is 5.75 Å². The second-order valence-electron chi connectivity index (χ2n) is 5.17. The lowest BCUT2D eigenvalue weighted by atomic mass is 10.1. The fourth-order valence-corrected chi connectivity index (χ4v) is 3.63. The summed E-state index contributed by atoms with van der Waals surface area (Å²) in [5, 5.41) is 0.0452. The van der Waals surface area contributed by atoms with E-state index in [0.717, 1.165) is 16.4 Å². The van der Waals surface area contributed by atoms with Gasteiger partial charge in [0.2, 0.25) is 0 Å². The first-order valence-electron chi connectivity index (χ1n) is 7.12. The van der Waals surface area contributed by atoms with Crippen molar-refractivity contribution in [3.05, 3.63) is 24.3 Å². The minimum Gasteiger partial charge on any atom is -0.494 e. The highest BCUT2D eigenvalue weighted by Crippen LogP contribution is 2.39. The smallest absolute Gasteiger partial charge is 0.370 e. The number of ether oxygens (including phenoxy) is 1. The van der Waals surface area contributed by atoms with Gasteiger partial charge in [0.05, 0.1) is 6.61 Å². The van der Waals surface area contributed by atoms with E-state index in [4.69, 9.17) is 27.9 Å². The summed E-state index contributed by atoms with van der Waals surface area (Å²) in [6, 6.07) is 6.15. The Morgan fingerprint density at radius 1 is 1.30 bits per heavy atom. The molecule has 0 N–H and O–H groups in total. The molecule has 0 spiro atoms. The largest absolute Gasteiger partial charge is 0.494 e. The molecule has 1 aromatic carbocycles. The van der Waals surface area contributed by atoms with Crippen molar-refractivity contribution in [3.63, 3.8) is 0 Å². The summed E-state index contributed by atoms with van der Waals surface area (Å²) in [6.07, 6.45) is -0.546. The van der Waals surface area contributed by atoms with E-state index in [-0.39, 0.29) is 11.1 Å². The van der Waals surface area contributed by atoms with Crippen molar-refractivity contribution in [1.29, 1.82) is 0 Å². The highest BCUT2D eigenvalue weighted by Gasteiger charge is 2.48. The van der Waals surface area contributed by atoms with Crippen LogP contribution in [0.2, 0.25) is 0 Å². The third-order valence-electron chi connectivity index (χ3n) is 3.24. The van der Waals surface area contributed by atoms with Gasteiger partial charge in [-0.25, -0.2) is 4.79 Å². The topological polar surface area (TPSA) is 36.0 Å². The molecule has 9 heteroatoms. The maximum Gasteiger partial charge on any atom is 0.370 e. The first-order valence-corrected chi connectivity index (χ1v) is 8.83. The molecule has 1 fully saturated rings. The van der Waals surface area contributed by atoms with Crippen LogP contribution >= 0.6 is 35.1 Å². The Kier molecular flexibility index (Phi) is 6.25. The SMILES string of the molecule is CCOc1ccc(N2C(=O)N(F)N(SC(Cl)Cl)C2C(C)C)cc1. The lowest BCUT2D eigenvalue weighted by Gasteiger charge is -2.30. The van der Waals surface area contributed by atoms with Crippen molar-refractivity contribution < 1.29 is 14.0 Å². The number of halogens is 3. The summed E-state index contributed by atoms with van der Waals surface area (Å²) in [7, 11) is 0. The van der Waals surface area contributed by atoms with E-state index in [9.17, 15) is 9.28 Å². The maximum absolute atomic E-state index is 14.3. The second-order valence-corrected chi connectivity index (χ2v) is 7.84. The summed E-state index contributed by atoms with van der Waals surface area (Å²) < 4.78 is 19.9. The first kappa shape index (κ1) is 18.4. The van der Waals surface area contributed by atoms with Gasteiger partial charge in [-0.2, -0.15) is 0 Å². The van der Waals surface area contributed by atoms with Crippen LogP contribution in [0.25, 0.3) is 0 Å². The van der Waals surface area contributed by atoms with Gasteiger partial charge in [0.1, 0.15) is 11.9 Å². The lowest BCUT2D eigenvalue weighted by molar-refractivity contribution is -0.0519. The standard InChI is InChI=1S/C14H18Cl2FN3O2S/c1-4-22-11-7-5-10(6-8-11)18-12(9(2)3)20(23-13(15)16)19(17)14(18)21/h5-9,12-13H,4H2,1-3H3. The predicted molar refractivity (Wildman–Crippen MR) is 92.0 cm³/mol. The number of rotatable bonds is 6. The number of hydrogen-bond acceptors (Lipinski definition) is 4. The van der Waals surface area contributed by atoms with Crippen molar-refractivity contribution in [2.24, 2.45) is 5.92 Å². The maximum atomic E-state index is 14.3. The monoisotopic (exact) mass is 381 g/mol. The molecule has 1 aliphatic rings. The molecule has 1 unspecified atom stereocenters. The second kappa shape index (κ2) is 7.79. The number of amides is 2. The number of urea groups is 1. The van der Waals surface area contributed by atoms with Crippen molar-refractivity contribution >= 4 is 46.9 Å². The minimum absolute atomic E-state index is 0.0452. The molecule has 1 aromatic rings. The van der Waals surface area contributed by atoms with Crippen LogP contribution < -0.4 is 9.64 Å². The van der Waals surface area contributed by atoms with Gasteiger partial charge < -0.3 is 4.74 Å². The molecule has 0 radical (unpaired) electrons. The van der Waals surface area contributed by atoms with Gasteiger partial charge >= 0.3 is 6.03 Å². The average Bonchev–Trinajstić information content (AvgIpc) is 2.73. The molecular weight excluding hydrogens is 364 g/mol. The van der Waals surface area contributed by atoms with E-state index in [1.807, 2.05) is 20.8 Å². The zero-order chi connectivity index (χ0) is 17.1. The van der Waals surface area contributed by atoms with Gasteiger partial charge in [0.25, 0.3) is 0 Å². The van der Waals surface area contributed by atoms with Crippen LogP contribution in [0, 0.1) is 5.92 Å². The molecule has 0 aliphatic carbocycles. The fraction of sp³-hybridized carbons (Fsp3) is 0.500. The van der Waals surface area contributed by atoms with E-state index in [2.05, 4.69) is 0 Å². The van der Waals surface area contributed by atoms with Crippen LogP contribution in [0.3, 0.4) is 0 Å². The molecule has 2 rings (SSSR count). The molecule has 2 amide bonds. The highest BCUT2D eigenvalue weighted by atomic mass is 35.5. The van der Waals surface area contributed by atoms with E-state index < -0.39 is 16.4 Å². The third kappa shape index (κ3) is 3.96. The molecule has 23 heavy (non-hydrogen) atoms. The number of hydrogen-bond donors (Lipinski definition) is 0. The molecule has 5 nitrogen and oxygen atoms in total. The Bertz CT molecular complexity index is 547. The van der Waals surface area contributed by atoms with Gasteiger partial charge in [-0.3, -0.25) is 4.90 Å². The summed E-state index contributed by atoms with van der Waals surface area (Å²) in [5.74, 6) is 0.639. The third-order valence-corrected chi connectivity index (χ3v) is 4.45. The summed E-state index contributed by atoms with van der Waals surface area (Å²) in [6.45, 7) is 6.22. The van der Waals surface area contributed by atoms with Gasteiger partial charge in [-0.05, 0) is 49.1 Å². The quantitative estimate of drug-likeness (QED) is 0.402. The summed E-state index contributed by atoms with van der Waals surface area (Å²) in [5.41, 5.74) is 0.573. The Morgan fingerprint density at radius 2 is 1.91 bits per heavy atom. The van der Waals surface area contributed by atoms with Gasteiger partial charge in [-0.1, -0.05) is 46.8 Å². The molecule has 1 atom stereocenters. The number of alkyl halides is 2. The molecular formula is C14H18Cl2FN3O2S. The Labute approximate surface area is 149 Å². The Morgan fingerprint density at radius 3 is 2.39 bits per heavy atom. The predicted octanol–water partition coefficient (Wildman–Crippen LogP) is 4.82. The van der Waals surface area contributed by atoms with Crippen molar-refractivity contribution in [2.45, 2.75) is 31.1 Å². The molecule has 128 valence electrons. The fourth-order valence-electron chi connectivity index (χ4n) is 2.36. The summed E-state index contributed by atoms with van der Waals surface area (Å²) in [4.78, 5) is 13.7. The van der Waals surface area contributed by atoms with Crippen molar-refractivity contribution in [1.82, 2.24) is 9.65 Å². The van der Waals surface area contributed by atoms with Crippen LogP contribution in [0.5, 0.6) is 5.75 Å². The van der Waals surface area contributed by atoms with Crippen LogP contribution in [-0.4, -0.2) is 32.6 Å². The number of carbonyl (C=O) groups is 1. The van der Waals surface area contributed by atoms with Crippen LogP contribution in [-0.2, 0) is 0 Å². The van der Waals surface area contributed by atoms with Gasteiger partial charge in [0, 0.05) is 5.69 Å². The number of nitrogens with zero attached hydrogens (tertiary/aromatic N) is 3. The molecule has 1 aliphatic heterocycles. The van der Waals surface area contributed by atoms with Crippen LogP contribution in [0.1, 0.15) is 20.8 Å². The number of anilines is 1.